The van der Waals surface area contributed by atoms with Gasteiger partial charge in [0, 0.05) is 16.5 Å². The lowest BCUT2D eigenvalue weighted by Crippen LogP contribution is -2.13. The van der Waals surface area contributed by atoms with Crippen molar-refractivity contribution in [1.29, 1.82) is 0 Å². The van der Waals surface area contributed by atoms with Gasteiger partial charge >= 0.3 is 0 Å². The largest absolute Gasteiger partial charge is 0.301 e. The molecule has 0 aliphatic rings. The average molecular weight is 429 g/mol. The Labute approximate surface area is 172 Å². The van der Waals surface area contributed by atoms with Crippen molar-refractivity contribution in [3.8, 4) is 22.6 Å². The predicted molar refractivity (Wildman–Crippen MR) is 109 cm³/mol. The van der Waals surface area contributed by atoms with Crippen LogP contribution in [0.25, 0.3) is 22.6 Å². The normalized spacial score (nSPS) is 10.8. The summed E-state index contributed by atoms with van der Waals surface area (Å²) in [5.74, 6) is -1.40. The summed E-state index contributed by atoms with van der Waals surface area (Å²) in [6, 6.07) is 13.1. The fourth-order valence-corrected chi connectivity index (χ4v) is 3.77. The summed E-state index contributed by atoms with van der Waals surface area (Å²) in [5.41, 5.74) is 1.80. The van der Waals surface area contributed by atoms with Crippen LogP contribution in [0.2, 0.25) is 0 Å². The SMILES string of the molecule is O=C(CSc1n[nH]c(-c2ccccc2)n1)Nc1nc(-c2ccc(F)c(F)c2)cs1. The molecule has 4 rings (SSSR count). The molecule has 146 valence electrons. The first-order chi connectivity index (χ1) is 14.1. The zero-order chi connectivity index (χ0) is 20.2. The molecule has 0 bridgehead atoms. The maximum absolute atomic E-state index is 13.4. The molecule has 4 aromatic rings. The molecule has 2 heterocycles. The van der Waals surface area contributed by atoms with Crippen LogP contribution in [0.5, 0.6) is 0 Å². The Morgan fingerprint density at radius 2 is 1.90 bits per heavy atom. The number of benzene rings is 2. The van der Waals surface area contributed by atoms with Crippen molar-refractivity contribution >= 4 is 34.1 Å². The summed E-state index contributed by atoms with van der Waals surface area (Å²) in [4.78, 5) is 20.8. The van der Waals surface area contributed by atoms with Gasteiger partial charge in [-0.2, -0.15) is 0 Å². The van der Waals surface area contributed by atoms with Gasteiger partial charge in [0.2, 0.25) is 11.1 Å². The number of nitrogens with zero attached hydrogens (tertiary/aromatic N) is 3. The number of carbonyl (C=O) groups is 1. The summed E-state index contributed by atoms with van der Waals surface area (Å²) in [7, 11) is 0. The van der Waals surface area contributed by atoms with E-state index >= 15 is 0 Å². The Balaban J connectivity index is 1.34. The number of thiazole rings is 1. The molecule has 0 saturated carbocycles. The number of hydrogen-bond donors (Lipinski definition) is 2. The molecule has 29 heavy (non-hydrogen) atoms. The van der Waals surface area contributed by atoms with E-state index in [9.17, 15) is 13.6 Å². The number of H-pyrrole nitrogens is 1. The molecule has 10 heteroatoms. The van der Waals surface area contributed by atoms with Crippen LogP contribution in [0.15, 0.2) is 59.1 Å². The fourth-order valence-electron chi connectivity index (χ4n) is 2.44. The van der Waals surface area contributed by atoms with Gasteiger partial charge in [0.1, 0.15) is 0 Å². The van der Waals surface area contributed by atoms with Gasteiger partial charge < -0.3 is 5.32 Å². The highest BCUT2D eigenvalue weighted by molar-refractivity contribution is 7.99. The zero-order valence-electron chi connectivity index (χ0n) is 14.7. The van der Waals surface area contributed by atoms with Gasteiger partial charge in [-0.3, -0.25) is 9.89 Å². The maximum Gasteiger partial charge on any atom is 0.236 e. The lowest BCUT2D eigenvalue weighted by Gasteiger charge is -2.00. The van der Waals surface area contributed by atoms with Crippen molar-refractivity contribution in [3.05, 3.63) is 65.5 Å². The van der Waals surface area contributed by atoms with Crippen molar-refractivity contribution in [1.82, 2.24) is 20.2 Å². The molecule has 2 N–H and O–H groups in total. The number of amides is 1. The lowest BCUT2D eigenvalue weighted by molar-refractivity contribution is -0.113. The second kappa shape index (κ2) is 8.50. The number of nitrogens with one attached hydrogen (secondary N) is 2. The Morgan fingerprint density at radius 1 is 1.07 bits per heavy atom. The summed E-state index contributed by atoms with van der Waals surface area (Å²) in [6.07, 6.45) is 0. The minimum atomic E-state index is -0.945. The molecular formula is C19H13F2N5OS2. The molecule has 0 saturated heterocycles. The second-order valence-electron chi connectivity index (χ2n) is 5.84. The summed E-state index contributed by atoms with van der Waals surface area (Å²) < 4.78 is 26.4. The van der Waals surface area contributed by atoms with Crippen LogP contribution in [-0.4, -0.2) is 31.8 Å². The highest BCUT2D eigenvalue weighted by Gasteiger charge is 2.12. The van der Waals surface area contributed by atoms with Crippen molar-refractivity contribution in [2.45, 2.75) is 5.16 Å². The van der Waals surface area contributed by atoms with Gasteiger partial charge in [0.15, 0.2) is 22.6 Å². The molecule has 0 aliphatic carbocycles. The minimum Gasteiger partial charge on any atom is -0.301 e. The smallest absolute Gasteiger partial charge is 0.236 e. The molecule has 0 unspecified atom stereocenters. The van der Waals surface area contributed by atoms with E-state index < -0.39 is 11.6 Å². The summed E-state index contributed by atoms with van der Waals surface area (Å²) in [5, 5.41) is 12.1. The number of aromatic nitrogens is 4. The highest BCUT2D eigenvalue weighted by Crippen LogP contribution is 2.26. The topological polar surface area (TPSA) is 83.6 Å². The van der Waals surface area contributed by atoms with Crippen molar-refractivity contribution in [3.63, 3.8) is 0 Å². The van der Waals surface area contributed by atoms with E-state index in [4.69, 9.17) is 0 Å². The summed E-state index contributed by atoms with van der Waals surface area (Å²) in [6.45, 7) is 0. The lowest BCUT2D eigenvalue weighted by atomic mass is 10.2. The van der Waals surface area contributed by atoms with Crippen LogP contribution in [0.3, 0.4) is 0 Å². The third-order valence-corrected chi connectivity index (χ3v) is 5.42. The van der Waals surface area contributed by atoms with E-state index in [2.05, 4.69) is 25.5 Å². The number of thioether (sulfide) groups is 1. The fraction of sp³-hybridized carbons (Fsp3) is 0.0526. The maximum atomic E-state index is 13.4. The van der Waals surface area contributed by atoms with E-state index in [1.807, 2.05) is 30.3 Å². The minimum absolute atomic E-state index is 0.103. The van der Waals surface area contributed by atoms with Gasteiger partial charge in [0.05, 0.1) is 11.4 Å². The van der Waals surface area contributed by atoms with Crippen LogP contribution < -0.4 is 5.32 Å². The van der Waals surface area contributed by atoms with Gasteiger partial charge in [-0.05, 0) is 18.2 Å². The molecule has 0 fully saturated rings. The molecule has 1 amide bonds. The van der Waals surface area contributed by atoms with Gasteiger partial charge in [-0.1, -0.05) is 42.1 Å². The molecule has 2 aromatic heterocycles. The first-order valence-electron chi connectivity index (χ1n) is 8.40. The van der Waals surface area contributed by atoms with Crippen molar-refractivity contribution in [2.24, 2.45) is 0 Å². The second-order valence-corrected chi connectivity index (χ2v) is 7.64. The molecule has 6 nitrogen and oxygen atoms in total. The monoisotopic (exact) mass is 429 g/mol. The Morgan fingerprint density at radius 3 is 2.69 bits per heavy atom. The Kier molecular flexibility index (Phi) is 5.63. The van der Waals surface area contributed by atoms with Crippen LogP contribution in [-0.2, 0) is 4.79 Å². The first kappa shape index (κ1) is 19.2. The Bertz CT molecular complexity index is 1150. The third kappa shape index (κ3) is 4.66. The third-order valence-electron chi connectivity index (χ3n) is 3.81. The molecular weight excluding hydrogens is 416 g/mol. The van der Waals surface area contributed by atoms with Crippen LogP contribution in [0.1, 0.15) is 0 Å². The highest BCUT2D eigenvalue weighted by atomic mass is 32.2. The number of anilines is 1. The number of halogens is 2. The van der Waals surface area contributed by atoms with Crippen molar-refractivity contribution in [2.75, 3.05) is 11.1 Å². The molecule has 2 aromatic carbocycles. The number of carbonyl (C=O) groups excluding carboxylic acids is 1. The average Bonchev–Trinajstić information content (AvgIpc) is 3.39. The predicted octanol–water partition coefficient (Wildman–Crippen LogP) is 4.60. The van der Waals surface area contributed by atoms with E-state index in [1.54, 1.807) is 5.38 Å². The quantitative estimate of drug-likeness (QED) is 0.438. The van der Waals surface area contributed by atoms with E-state index in [0.717, 1.165) is 17.7 Å². The molecule has 0 radical (unpaired) electrons. The molecule has 0 aliphatic heterocycles. The number of rotatable bonds is 6. The summed E-state index contributed by atoms with van der Waals surface area (Å²) >= 11 is 2.39. The van der Waals surface area contributed by atoms with Gasteiger partial charge in [-0.25, -0.2) is 18.7 Å². The van der Waals surface area contributed by atoms with Gasteiger partial charge in [0.25, 0.3) is 0 Å². The van der Waals surface area contributed by atoms with E-state index in [0.29, 0.717) is 27.4 Å². The number of hydrogen-bond acceptors (Lipinski definition) is 6. The zero-order valence-corrected chi connectivity index (χ0v) is 16.4. The Hall–Kier alpha value is -3.11. The molecule has 0 spiro atoms. The van der Waals surface area contributed by atoms with Crippen molar-refractivity contribution < 1.29 is 13.6 Å². The van der Waals surface area contributed by atoms with E-state index in [1.165, 1.54) is 29.2 Å². The standard InChI is InChI=1S/C19H13F2N5OS2/c20-13-7-6-12(8-14(13)21)15-9-28-18(22-15)23-16(27)10-29-19-24-17(25-26-19)11-4-2-1-3-5-11/h1-9H,10H2,(H,22,23,27)(H,24,25,26). The van der Waals surface area contributed by atoms with E-state index in [-0.39, 0.29) is 11.7 Å². The first-order valence-corrected chi connectivity index (χ1v) is 10.3. The van der Waals surface area contributed by atoms with Crippen LogP contribution in [0, 0.1) is 11.6 Å². The van der Waals surface area contributed by atoms with Crippen LogP contribution >= 0.6 is 23.1 Å². The van der Waals surface area contributed by atoms with Gasteiger partial charge in [-0.15, -0.1) is 16.4 Å². The number of aromatic amines is 1. The van der Waals surface area contributed by atoms with Crippen LogP contribution in [0.4, 0.5) is 13.9 Å². The molecule has 0 atom stereocenters.